The molecule has 2 aromatic rings. The minimum absolute atomic E-state index is 0.0698. The maximum Gasteiger partial charge on any atom is 0.251 e. The van der Waals surface area contributed by atoms with E-state index in [4.69, 9.17) is 0 Å². The molecular weight excluding hydrogens is 338 g/mol. The van der Waals surface area contributed by atoms with E-state index in [9.17, 15) is 4.79 Å². The number of likely N-dealkylation sites (N-methyl/N-ethyl adjacent to an activating group) is 1. The summed E-state index contributed by atoms with van der Waals surface area (Å²) in [6.07, 6.45) is 1.66. The van der Waals surface area contributed by atoms with Crippen LogP contribution in [0.2, 0.25) is 0 Å². The molecule has 6 heteroatoms. The lowest BCUT2D eigenvalue weighted by molar-refractivity contribution is 0.0949. The van der Waals surface area contributed by atoms with Gasteiger partial charge in [0.25, 0.3) is 5.91 Å². The van der Waals surface area contributed by atoms with Gasteiger partial charge in [-0.3, -0.25) is 4.79 Å². The number of nitrogens with one attached hydrogen (secondary N) is 2. The molecule has 0 saturated carbocycles. The highest BCUT2D eigenvalue weighted by Gasteiger charge is 2.14. The molecule has 0 unspecified atom stereocenters. The van der Waals surface area contributed by atoms with E-state index < -0.39 is 0 Å². The Bertz CT molecular complexity index is 751. The molecule has 0 atom stereocenters. The fraction of sp³-hybridized carbons (Fsp3) is 0.429. The molecular formula is C21H29N5O. The van der Waals surface area contributed by atoms with Crippen LogP contribution in [0.3, 0.4) is 0 Å². The van der Waals surface area contributed by atoms with Crippen LogP contribution in [0.1, 0.15) is 24.2 Å². The van der Waals surface area contributed by atoms with Gasteiger partial charge in [0.15, 0.2) is 0 Å². The molecule has 144 valence electrons. The summed E-state index contributed by atoms with van der Waals surface area (Å²) >= 11 is 0. The third-order valence-electron chi connectivity index (χ3n) is 4.70. The standard InChI is InChI=1S/C21H29N5O/c1-16(2)15-23-21(27)17-8-9-22-20(14-17)24-18-4-6-19(7-5-18)26-12-10-25(3)11-13-26/h4-9,14,16H,10-13,15H2,1-3H3,(H,22,24)(H,23,27). The van der Waals surface area contributed by atoms with Gasteiger partial charge in [0.1, 0.15) is 5.82 Å². The van der Waals surface area contributed by atoms with Gasteiger partial charge in [-0.2, -0.15) is 0 Å². The van der Waals surface area contributed by atoms with Crippen molar-refractivity contribution in [3.8, 4) is 0 Å². The molecule has 2 heterocycles. The maximum absolute atomic E-state index is 12.2. The average Bonchev–Trinajstić information content (AvgIpc) is 2.67. The number of nitrogens with zero attached hydrogens (tertiary/aromatic N) is 3. The molecule has 1 amide bonds. The largest absolute Gasteiger partial charge is 0.369 e. The van der Waals surface area contributed by atoms with Crippen LogP contribution in [0.15, 0.2) is 42.6 Å². The fourth-order valence-electron chi connectivity index (χ4n) is 3.01. The highest BCUT2D eigenvalue weighted by molar-refractivity contribution is 5.94. The van der Waals surface area contributed by atoms with Crippen LogP contribution >= 0.6 is 0 Å². The number of piperazine rings is 1. The molecule has 27 heavy (non-hydrogen) atoms. The zero-order valence-electron chi connectivity index (χ0n) is 16.4. The van der Waals surface area contributed by atoms with Crippen LogP contribution in [0, 0.1) is 5.92 Å². The van der Waals surface area contributed by atoms with Gasteiger partial charge in [-0.1, -0.05) is 13.8 Å². The van der Waals surface area contributed by atoms with Gasteiger partial charge in [0.2, 0.25) is 0 Å². The molecule has 3 rings (SSSR count). The lowest BCUT2D eigenvalue weighted by Crippen LogP contribution is -2.44. The van der Waals surface area contributed by atoms with Gasteiger partial charge in [-0.25, -0.2) is 4.98 Å². The van der Waals surface area contributed by atoms with Gasteiger partial charge in [0, 0.05) is 55.9 Å². The number of hydrogen-bond acceptors (Lipinski definition) is 5. The number of benzene rings is 1. The van der Waals surface area contributed by atoms with Gasteiger partial charge in [-0.05, 0) is 49.4 Å². The van der Waals surface area contributed by atoms with Crippen molar-refractivity contribution in [2.75, 3.05) is 50.0 Å². The molecule has 0 radical (unpaired) electrons. The Morgan fingerprint density at radius 1 is 1.11 bits per heavy atom. The second kappa shape index (κ2) is 8.86. The van der Waals surface area contributed by atoms with E-state index in [1.54, 1.807) is 18.3 Å². The second-order valence-corrected chi connectivity index (χ2v) is 7.50. The van der Waals surface area contributed by atoms with Gasteiger partial charge in [-0.15, -0.1) is 0 Å². The number of aromatic nitrogens is 1. The van der Waals surface area contributed by atoms with Crippen LogP contribution in [0.5, 0.6) is 0 Å². The highest BCUT2D eigenvalue weighted by atomic mass is 16.1. The number of pyridine rings is 1. The third-order valence-corrected chi connectivity index (χ3v) is 4.70. The van der Waals surface area contributed by atoms with E-state index in [0.717, 1.165) is 31.9 Å². The van der Waals surface area contributed by atoms with E-state index in [0.29, 0.717) is 23.8 Å². The number of carbonyl (C=O) groups is 1. The second-order valence-electron chi connectivity index (χ2n) is 7.50. The molecule has 1 aliphatic heterocycles. The third kappa shape index (κ3) is 5.44. The minimum Gasteiger partial charge on any atom is -0.369 e. The van der Waals surface area contributed by atoms with E-state index in [-0.39, 0.29) is 5.91 Å². The average molecular weight is 367 g/mol. The van der Waals surface area contributed by atoms with Crippen molar-refractivity contribution in [2.24, 2.45) is 5.92 Å². The quantitative estimate of drug-likeness (QED) is 0.822. The molecule has 1 aromatic heterocycles. The van der Waals surface area contributed by atoms with Crippen LogP contribution in [0.4, 0.5) is 17.2 Å². The molecule has 0 aliphatic carbocycles. The first kappa shape index (κ1) is 19.2. The van der Waals surface area contributed by atoms with Crippen molar-refractivity contribution in [2.45, 2.75) is 13.8 Å². The molecule has 1 aliphatic rings. The topological polar surface area (TPSA) is 60.5 Å². The smallest absolute Gasteiger partial charge is 0.251 e. The fourth-order valence-corrected chi connectivity index (χ4v) is 3.01. The Labute approximate surface area is 161 Å². The Morgan fingerprint density at radius 2 is 1.81 bits per heavy atom. The van der Waals surface area contributed by atoms with Crippen LogP contribution in [0.25, 0.3) is 0 Å². The molecule has 0 bridgehead atoms. The number of carbonyl (C=O) groups excluding carboxylic acids is 1. The number of anilines is 3. The summed E-state index contributed by atoms with van der Waals surface area (Å²) in [5.41, 5.74) is 2.81. The van der Waals surface area contributed by atoms with E-state index >= 15 is 0 Å². The summed E-state index contributed by atoms with van der Waals surface area (Å²) in [6, 6.07) is 11.9. The Kier molecular flexibility index (Phi) is 6.29. The summed E-state index contributed by atoms with van der Waals surface area (Å²) < 4.78 is 0. The molecule has 1 aromatic carbocycles. The Balaban J connectivity index is 1.62. The molecule has 2 N–H and O–H groups in total. The Morgan fingerprint density at radius 3 is 2.48 bits per heavy atom. The number of hydrogen-bond donors (Lipinski definition) is 2. The lowest BCUT2D eigenvalue weighted by atomic mass is 10.2. The van der Waals surface area contributed by atoms with Crippen molar-refractivity contribution < 1.29 is 4.79 Å². The number of amides is 1. The summed E-state index contributed by atoms with van der Waals surface area (Å²) in [5.74, 6) is 1.02. The first-order valence-corrected chi connectivity index (χ1v) is 9.56. The molecule has 1 saturated heterocycles. The van der Waals surface area contributed by atoms with Crippen molar-refractivity contribution in [1.29, 1.82) is 0 Å². The summed E-state index contributed by atoms with van der Waals surface area (Å²) in [5, 5.41) is 6.22. The van der Waals surface area contributed by atoms with Gasteiger partial charge >= 0.3 is 0 Å². The highest BCUT2D eigenvalue weighted by Crippen LogP contribution is 2.21. The van der Waals surface area contributed by atoms with Gasteiger partial charge < -0.3 is 20.4 Å². The first-order valence-electron chi connectivity index (χ1n) is 9.56. The summed E-state index contributed by atoms with van der Waals surface area (Å²) in [7, 11) is 2.16. The lowest BCUT2D eigenvalue weighted by Gasteiger charge is -2.34. The van der Waals surface area contributed by atoms with Crippen LogP contribution in [-0.2, 0) is 0 Å². The van der Waals surface area contributed by atoms with Crippen molar-refractivity contribution >= 4 is 23.1 Å². The van der Waals surface area contributed by atoms with E-state index in [1.165, 1.54) is 5.69 Å². The predicted molar refractivity (Wildman–Crippen MR) is 111 cm³/mol. The normalized spacial score (nSPS) is 15.0. The SMILES string of the molecule is CC(C)CNC(=O)c1ccnc(Nc2ccc(N3CCN(C)CC3)cc2)c1. The molecule has 1 fully saturated rings. The molecule has 0 spiro atoms. The first-order chi connectivity index (χ1) is 13.0. The van der Waals surface area contributed by atoms with E-state index in [2.05, 4.69) is 70.6 Å². The zero-order valence-corrected chi connectivity index (χ0v) is 16.4. The predicted octanol–water partition coefficient (Wildman–Crippen LogP) is 2.96. The Hall–Kier alpha value is -2.60. The van der Waals surface area contributed by atoms with Crippen LogP contribution < -0.4 is 15.5 Å². The summed E-state index contributed by atoms with van der Waals surface area (Å²) in [4.78, 5) is 21.3. The van der Waals surface area contributed by atoms with Crippen molar-refractivity contribution in [3.05, 3.63) is 48.2 Å². The van der Waals surface area contributed by atoms with Gasteiger partial charge in [0.05, 0.1) is 0 Å². The van der Waals surface area contributed by atoms with Crippen molar-refractivity contribution in [3.63, 3.8) is 0 Å². The van der Waals surface area contributed by atoms with E-state index in [1.807, 2.05) is 0 Å². The minimum atomic E-state index is -0.0698. The maximum atomic E-state index is 12.2. The number of rotatable bonds is 6. The zero-order chi connectivity index (χ0) is 19.2. The van der Waals surface area contributed by atoms with Crippen molar-refractivity contribution in [1.82, 2.24) is 15.2 Å². The van der Waals surface area contributed by atoms with Crippen LogP contribution in [-0.4, -0.2) is 55.6 Å². The monoisotopic (exact) mass is 367 g/mol. The molecule has 6 nitrogen and oxygen atoms in total. The summed E-state index contributed by atoms with van der Waals surface area (Å²) in [6.45, 7) is 9.11.